The number of carbonyl (C=O) groups is 1. The minimum Gasteiger partial charge on any atom is -0.342 e. The number of likely N-dealkylation sites (tertiary alicyclic amines) is 2. The van der Waals surface area contributed by atoms with Gasteiger partial charge in [-0.15, -0.1) is 0 Å². The molecule has 3 rings (SSSR count). The van der Waals surface area contributed by atoms with E-state index in [1.54, 1.807) is 0 Å². The van der Waals surface area contributed by atoms with Crippen LogP contribution in [0.5, 0.6) is 0 Å². The first-order chi connectivity index (χ1) is 10.6. The summed E-state index contributed by atoms with van der Waals surface area (Å²) < 4.78 is 0. The molecule has 0 radical (unpaired) electrons. The third-order valence-electron chi connectivity index (χ3n) is 6.12. The molecule has 1 N–H and O–H groups in total. The van der Waals surface area contributed by atoms with Crippen LogP contribution in [0.2, 0.25) is 0 Å². The molecule has 3 aliphatic rings. The van der Waals surface area contributed by atoms with Gasteiger partial charge in [0.2, 0.25) is 5.91 Å². The first-order valence-electron chi connectivity index (χ1n) is 9.33. The van der Waals surface area contributed by atoms with Gasteiger partial charge in [-0.05, 0) is 65.0 Å². The third kappa shape index (κ3) is 3.48. The second-order valence-electron chi connectivity index (χ2n) is 8.09. The molecule has 0 bridgehead atoms. The molecule has 4 heteroatoms. The Bertz CT molecular complexity index is 392. The van der Waals surface area contributed by atoms with Crippen LogP contribution < -0.4 is 5.32 Å². The lowest BCUT2D eigenvalue weighted by Gasteiger charge is -2.41. The summed E-state index contributed by atoms with van der Waals surface area (Å²) in [5.74, 6) is 1.07. The van der Waals surface area contributed by atoms with E-state index in [9.17, 15) is 4.79 Å². The van der Waals surface area contributed by atoms with E-state index < -0.39 is 0 Å². The van der Waals surface area contributed by atoms with Crippen molar-refractivity contribution in [3.63, 3.8) is 0 Å². The van der Waals surface area contributed by atoms with Gasteiger partial charge in [-0.3, -0.25) is 4.79 Å². The Hall–Kier alpha value is -0.610. The minimum atomic E-state index is -0.152. The summed E-state index contributed by atoms with van der Waals surface area (Å²) in [6.45, 7) is 10.8. The van der Waals surface area contributed by atoms with Crippen molar-refractivity contribution < 1.29 is 4.79 Å². The van der Waals surface area contributed by atoms with E-state index in [4.69, 9.17) is 0 Å². The van der Waals surface area contributed by atoms with Crippen LogP contribution in [-0.2, 0) is 4.79 Å². The topological polar surface area (TPSA) is 35.6 Å². The summed E-state index contributed by atoms with van der Waals surface area (Å²) in [6, 6.07) is 0.733. The van der Waals surface area contributed by atoms with Crippen LogP contribution in [0.4, 0.5) is 0 Å². The summed E-state index contributed by atoms with van der Waals surface area (Å²) in [4.78, 5) is 17.7. The first kappa shape index (κ1) is 16.3. The second kappa shape index (κ2) is 6.88. The maximum Gasteiger partial charge on any atom is 0.229 e. The van der Waals surface area contributed by atoms with E-state index in [0.717, 1.165) is 38.6 Å². The van der Waals surface area contributed by atoms with E-state index in [1.807, 2.05) is 0 Å². The Labute approximate surface area is 135 Å². The van der Waals surface area contributed by atoms with Gasteiger partial charge in [0.05, 0.1) is 5.41 Å². The van der Waals surface area contributed by atoms with Crippen molar-refractivity contribution in [3.8, 4) is 0 Å². The molecule has 22 heavy (non-hydrogen) atoms. The Balaban J connectivity index is 1.56. The molecule has 0 saturated carbocycles. The predicted molar refractivity (Wildman–Crippen MR) is 89.8 cm³/mol. The molecule has 126 valence electrons. The third-order valence-corrected chi connectivity index (χ3v) is 6.12. The highest BCUT2D eigenvalue weighted by molar-refractivity contribution is 5.83. The van der Waals surface area contributed by atoms with Crippen molar-refractivity contribution in [1.82, 2.24) is 15.1 Å². The van der Waals surface area contributed by atoms with E-state index in [0.29, 0.717) is 11.8 Å². The number of amides is 1. The molecule has 3 atom stereocenters. The SMILES string of the molecule is C[C@@H]1CCCCN1C[C@H]1CCCN(C(=O)[C@]2(C)CCNC2)C1. The summed E-state index contributed by atoms with van der Waals surface area (Å²) in [5, 5.41) is 3.36. The molecule has 0 aromatic rings. The van der Waals surface area contributed by atoms with Gasteiger partial charge in [0.15, 0.2) is 0 Å². The maximum atomic E-state index is 12.9. The van der Waals surface area contributed by atoms with Gasteiger partial charge >= 0.3 is 0 Å². The summed E-state index contributed by atoms with van der Waals surface area (Å²) in [5.41, 5.74) is -0.152. The van der Waals surface area contributed by atoms with Crippen LogP contribution in [-0.4, -0.2) is 61.0 Å². The van der Waals surface area contributed by atoms with Crippen LogP contribution in [0.3, 0.4) is 0 Å². The fourth-order valence-electron chi connectivity index (χ4n) is 4.54. The van der Waals surface area contributed by atoms with Crippen LogP contribution >= 0.6 is 0 Å². The Morgan fingerprint density at radius 2 is 2.09 bits per heavy atom. The molecule has 3 heterocycles. The summed E-state index contributed by atoms with van der Waals surface area (Å²) >= 11 is 0. The zero-order chi connectivity index (χ0) is 15.6. The highest BCUT2D eigenvalue weighted by atomic mass is 16.2. The van der Waals surface area contributed by atoms with E-state index >= 15 is 0 Å². The van der Waals surface area contributed by atoms with Gasteiger partial charge in [0.25, 0.3) is 0 Å². The smallest absolute Gasteiger partial charge is 0.229 e. The largest absolute Gasteiger partial charge is 0.342 e. The number of hydrogen-bond acceptors (Lipinski definition) is 3. The Kier molecular flexibility index (Phi) is 5.08. The number of hydrogen-bond donors (Lipinski definition) is 1. The van der Waals surface area contributed by atoms with Gasteiger partial charge in [-0.1, -0.05) is 6.42 Å². The number of rotatable bonds is 3. The monoisotopic (exact) mass is 307 g/mol. The standard InChI is InChI=1S/C18H33N3O/c1-15-6-3-4-10-20(15)12-16-7-5-11-21(13-16)17(22)18(2)8-9-19-14-18/h15-16,19H,3-14H2,1-2H3/t15-,16-,18-/m1/s1. The van der Waals surface area contributed by atoms with Crippen molar-refractivity contribution in [2.24, 2.45) is 11.3 Å². The van der Waals surface area contributed by atoms with Crippen LogP contribution in [0.25, 0.3) is 0 Å². The minimum absolute atomic E-state index is 0.152. The quantitative estimate of drug-likeness (QED) is 0.867. The summed E-state index contributed by atoms with van der Waals surface area (Å²) in [7, 11) is 0. The summed E-state index contributed by atoms with van der Waals surface area (Å²) in [6.07, 6.45) is 7.56. The molecule has 0 spiro atoms. The molecule has 0 aromatic heterocycles. The lowest BCUT2D eigenvalue weighted by atomic mass is 9.86. The second-order valence-corrected chi connectivity index (χ2v) is 8.09. The Morgan fingerprint density at radius 3 is 2.82 bits per heavy atom. The van der Waals surface area contributed by atoms with Crippen LogP contribution in [0.15, 0.2) is 0 Å². The highest BCUT2D eigenvalue weighted by Gasteiger charge is 2.40. The van der Waals surface area contributed by atoms with Crippen molar-refractivity contribution in [1.29, 1.82) is 0 Å². The van der Waals surface area contributed by atoms with Crippen LogP contribution in [0, 0.1) is 11.3 Å². The van der Waals surface area contributed by atoms with Gasteiger partial charge in [-0.25, -0.2) is 0 Å². The predicted octanol–water partition coefficient (Wildman–Crippen LogP) is 2.10. The zero-order valence-corrected chi connectivity index (χ0v) is 14.4. The molecule has 3 saturated heterocycles. The lowest BCUT2D eigenvalue weighted by Crippen LogP contribution is -2.50. The number of nitrogens with one attached hydrogen (secondary N) is 1. The van der Waals surface area contributed by atoms with E-state index in [-0.39, 0.29) is 5.41 Å². The van der Waals surface area contributed by atoms with Crippen molar-refractivity contribution in [3.05, 3.63) is 0 Å². The van der Waals surface area contributed by atoms with Crippen molar-refractivity contribution in [2.75, 3.05) is 39.3 Å². The molecule has 0 aromatic carbocycles. The maximum absolute atomic E-state index is 12.9. The van der Waals surface area contributed by atoms with Crippen molar-refractivity contribution in [2.45, 2.75) is 58.4 Å². The van der Waals surface area contributed by atoms with Crippen molar-refractivity contribution >= 4 is 5.91 Å². The highest BCUT2D eigenvalue weighted by Crippen LogP contribution is 2.30. The average molecular weight is 307 g/mol. The molecule has 0 unspecified atom stereocenters. The normalized spacial score (nSPS) is 37.5. The molecular weight excluding hydrogens is 274 g/mol. The fraction of sp³-hybridized carbons (Fsp3) is 0.944. The first-order valence-corrected chi connectivity index (χ1v) is 9.33. The molecule has 3 aliphatic heterocycles. The van der Waals surface area contributed by atoms with Gasteiger partial charge in [0, 0.05) is 32.2 Å². The Morgan fingerprint density at radius 1 is 1.23 bits per heavy atom. The molecule has 0 aliphatic carbocycles. The number of piperidine rings is 2. The number of nitrogens with zero attached hydrogens (tertiary/aromatic N) is 2. The fourth-order valence-corrected chi connectivity index (χ4v) is 4.54. The van der Waals surface area contributed by atoms with Gasteiger partial charge < -0.3 is 15.1 Å². The molecular formula is C18H33N3O. The zero-order valence-electron chi connectivity index (χ0n) is 14.4. The number of carbonyl (C=O) groups excluding carboxylic acids is 1. The molecule has 1 amide bonds. The van der Waals surface area contributed by atoms with Gasteiger partial charge in [-0.2, -0.15) is 0 Å². The van der Waals surface area contributed by atoms with E-state index in [1.165, 1.54) is 45.2 Å². The van der Waals surface area contributed by atoms with Crippen LogP contribution in [0.1, 0.15) is 52.4 Å². The lowest BCUT2D eigenvalue weighted by molar-refractivity contribution is -0.142. The molecule has 4 nitrogen and oxygen atoms in total. The average Bonchev–Trinajstić information content (AvgIpc) is 2.97. The van der Waals surface area contributed by atoms with Gasteiger partial charge in [0.1, 0.15) is 0 Å². The molecule has 3 fully saturated rings. The van der Waals surface area contributed by atoms with E-state index in [2.05, 4.69) is 29.0 Å².